The van der Waals surface area contributed by atoms with Crippen LogP contribution in [0.3, 0.4) is 0 Å². The first-order valence-corrected chi connectivity index (χ1v) is 8.05. The molecule has 0 aliphatic carbocycles. The number of hydrogen-bond donors (Lipinski definition) is 1. The van der Waals surface area contributed by atoms with E-state index in [4.69, 9.17) is 5.11 Å². The number of Topliss-reactive ketones (excluding diaryl/α,β-unsaturated/α-hetero) is 1. The summed E-state index contributed by atoms with van der Waals surface area (Å²) < 4.78 is 0.960. The lowest BCUT2D eigenvalue weighted by atomic mass is 10.0. The van der Waals surface area contributed by atoms with Crippen LogP contribution >= 0.6 is 11.3 Å². The minimum Gasteiger partial charge on any atom is -0.388 e. The first-order chi connectivity index (χ1) is 10.6. The van der Waals surface area contributed by atoms with Crippen molar-refractivity contribution < 1.29 is 9.90 Å². The normalized spacial score (nSPS) is 11.3. The van der Waals surface area contributed by atoms with Gasteiger partial charge in [-0.25, -0.2) is 4.98 Å². The van der Waals surface area contributed by atoms with Crippen molar-refractivity contribution >= 4 is 27.3 Å². The molecule has 0 aliphatic heterocycles. The van der Waals surface area contributed by atoms with E-state index in [1.54, 1.807) is 23.5 Å². The highest BCUT2D eigenvalue weighted by Crippen LogP contribution is 2.31. The monoisotopic (exact) mass is 311 g/mol. The van der Waals surface area contributed by atoms with Crippen molar-refractivity contribution in [3.63, 3.8) is 0 Å². The molecule has 1 N–H and O–H groups in total. The smallest absolute Gasteiger partial charge is 0.188 e. The van der Waals surface area contributed by atoms with Gasteiger partial charge in [0.05, 0.1) is 10.2 Å². The summed E-state index contributed by atoms with van der Waals surface area (Å²) in [6, 6.07) is 13.8. The molecule has 0 radical (unpaired) electrons. The maximum Gasteiger partial charge on any atom is 0.188 e. The summed E-state index contributed by atoms with van der Waals surface area (Å²) in [5, 5.41) is 9.90. The van der Waals surface area contributed by atoms with E-state index in [-0.39, 0.29) is 5.78 Å². The Balaban J connectivity index is 1.99. The molecule has 0 amide bonds. The molecule has 1 heterocycles. The highest BCUT2D eigenvalue weighted by Gasteiger charge is 2.10. The van der Waals surface area contributed by atoms with Gasteiger partial charge in [0.2, 0.25) is 0 Å². The lowest BCUT2D eigenvalue weighted by Crippen LogP contribution is -2.03. The van der Waals surface area contributed by atoms with Crippen LogP contribution in [-0.4, -0.2) is 22.5 Å². The Kier molecular flexibility index (Phi) is 4.05. The summed E-state index contributed by atoms with van der Waals surface area (Å²) in [5.41, 5.74) is 3.80. The van der Waals surface area contributed by atoms with E-state index in [9.17, 15) is 4.79 Å². The number of ketones is 1. The lowest BCUT2D eigenvalue weighted by Gasteiger charge is -2.05. The van der Waals surface area contributed by atoms with Crippen molar-refractivity contribution in [2.75, 3.05) is 6.61 Å². The van der Waals surface area contributed by atoms with E-state index >= 15 is 0 Å². The topological polar surface area (TPSA) is 50.2 Å². The number of fused-ring (bicyclic) bond motifs is 1. The van der Waals surface area contributed by atoms with Gasteiger partial charge in [-0.1, -0.05) is 38.1 Å². The lowest BCUT2D eigenvalue weighted by molar-refractivity contribution is 0.0904. The highest BCUT2D eigenvalue weighted by atomic mass is 32.1. The average Bonchev–Trinajstić information content (AvgIpc) is 2.97. The predicted octanol–water partition coefficient (Wildman–Crippen LogP) is 4.26. The van der Waals surface area contributed by atoms with E-state index in [1.165, 1.54) is 5.56 Å². The molecule has 0 fully saturated rings. The summed E-state index contributed by atoms with van der Waals surface area (Å²) in [6.07, 6.45) is 0. The summed E-state index contributed by atoms with van der Waals surface area (Å²) >= 11 is 1.56. The third-order valence-electron chi connectivity index (χ3n) is 3.68. The molecular formula is C18H17NO2S. The van der Waals surface area contributed by atoms with Crippen molar-refractivity contribution in [2.45, 2.75) is 19.8 Å². The van der Waals surface area contributed by atoms with E-state index in [1.807, 2.05) is 6.07 Å². The molecule has 1 aromatic heterocycles. The van der Waals surface area contributed by atoms with Crippen LogP contribution in [0.4, 0.5) is 0 Å². The Morgan fingerprint density at radius 2 is 1.91 bits per heavy atom. The average molecular weight is 311 g/mol. The first-order valence-electron chi connectivity index (χ1n) is 7.23. The summed E-state index contributed by atoms with van der Waals surface area (Å²) in [4.78, 5) is 16.2. The zero-order valence-electron chi connectivity index (χ0n) is 12.5. The van der Waals surface area contributed by atoms with Gasteiger partial charge in [-0.2, -0.15) is 0 Å². The Morgan fingerprint density at radius 1 is 1.18 bits per heavy atom. The second-order valence-electron chi connectivity index (χ2n) is 5.56. The van der Waals surface area contributed by atoms with E-state index < -0.39 is 6.61 Å². The first kappa shape index (κ1) is 14.9. The van der Waals surface area contributed by atoms with Crippen molar-refractivity contribution in [2.24, 2.45) is 0 Å². The third-order valence-corrected chi connectivity index (χ3v) is 4.75. The second kappa shape index (κ2) is 5.99. The molecule has 0 saturated carbocycles. The third kappa shape index (κ3) is 2.80. The SMILES string of the molecule is CC(C)c1ccc(-c2nc3ccc(C(=O)CO)cc3s2)cc1. The summed E-state index contributed by atoms with van der Waals surface area (Å²) in [7, 11) is 0. The Labute approximate surface area is 133 Å². The quantitative estimate of drug-likeness (QED) is 0.732. The predicted molar refractivity (Wildman–Crippen MR) is 90.6 cm³/mol. The van der Waals surface area contributed by atoms with Crippen molar-refractivity contribution in [1.82, 2.24) is 4.98 Å². The molecule has 3 rings (SSSR count). The maximum absolute atomic E-state index is 11.6. The van der Waals surface area contributed by atoms with Crippen molar-refractivity contribution in [3.05, 3.63) is 53.6 Å². The van der Waals surface area contributed by atoms with Crippen LogP contribution in [0.1, 0.15) is 35.7 Å². The maximum atomic E-state index is 11.6. The fourth-order valence-electron chi connectivity index (χ4n) is 2.32. The molecule has 3 nitrogen and oxygen atoms in total. The van der Waals surface area contributed by atoms with E-state index in [2.05, 4.69) is 43.1 Å². The van der Waals surface area contributed by atoms with Gasteiger partial charge in [0.1, 0.15) is 11.6 Å². The molecule has 0 aliphatic rings. The molecule has 2 aromatic carbocycles. The summed E-state index contributed by atoms with van der Waals surface area (Å²) in [6.45, 7) is 3.88. The van der Waals surface area contributed by atoms with Gasteiger partial charge in [-0.15, -0.1) is 11.3 Å². The molecule has 0 unspecified atom stereocenters. The number of hydrogen-bond acceptors (Lipinski definition) is 4. The number of nitrogens with zero attached hydrogens (tertiary/aromatic N) is 1. The van der Waals surface area contributed by atoms with Gasteiger partial charge in [-0.05, 0) is 29.7 Å². The van der Waals surface area contributed by atoms with Gasteiger partial charge < -0.3 is 5.11 Å². The Bertz CT molecular complexity index is 819. The number of carbonyl (C=O) groups is 1. The number of thiazole rings is 1. The molecule has 0 spiro atoms. The largest absolute Gasteiger partial charge is 0.388 e. The molecule has 3 aromatic rings. The summed E-state index contributed by atoms with van der Waals surface area (Å²) in [5.74, 6) is 0.245. The van der Waals surface area contributed by atoms with Gasteiger partial charge in [-0.3, -0.25) is 4.79 Å². The zero-order valence-corrected chi connectivity index (χ0v) is 13.4. The van der Waals surface area contributed by atoms with Crippen molar-refractivity contribution in [1.29, 1.82) is 0 Å². The van der Waals surface area contributed by atoms with Crippen LogP contribution in [0, 0.1) is 0 Å². The van der Waals surface area contributed by atoms with E-state index in [0.717, 1.165) is 20.8 Å². The number of benzene rings is 2. The van der Waals surface area contributed by atoms with E-state index in [0.29, 0.717) is 11.5 Å². The standard InChI is InChI=1S/C18H17NO2S/c1-11(2)12-3-5-13(6-4-12)18-19-15-8-7-14(16(21)10-20)9-17(15)22-18/h3-9,11,20H,10H2,1-2H3. The Morgan fingerprint density at radius 3 is 2.55 bits per heavy atom. The Hall–Kier alpha value is -2.04. The van der Waals surface area contributed by atoms with Crippen LogP contribution in [0.25, 0.3) is 20.8 Å². The van der Waals surface area contributed by atoms with Crippen LogP contribution in [-0.2, 0) is 0 Å². The van der Waals surface area contributed by atoms with Crippen LogP contribution in [0.2, 0.25) is 0 Å². The number of carbonyl (C=O) groups excluding carboxylic acids is 1. The van der Waals surface area contributed by atoms with Crippen LogP contribution < -0.4 is 0 Å². The molecule has 0 bridgehead atoms. The van der Waals surface area contributed by atoms with Crippen LogP contribution in [0.15, 0.2) is 42.5 Å². The fourth-order valence-corrected chi connectivity index (χ4v) is 3.33. The highest BCUT2D eigenvalue weighted by molar-refractivity contribution is 7.21. The number of aliphatic hydroxyl groups excluding tert-OH is 1. The molecule has 0 saturated heterocycles. The minimum absolute atomic E-state index is 0.266. The number of aromatic nitrogens is 1. The molecule has 0 atom stereocenters. The van der Waals surface area contributed by atoms with Gasteiger partial charge >= 0.3 is 0 Å². The van der Waals surface area contributed by atoms with Gasteiger partial charge in [0.15, 0.2) is 5.78 Å². The molecule has 4 heteroatoms. The molecule has 112 valence electrons. The minimum atomic E-state index is -0.464. The van der Waals surface area contributed by atoms with Crippen LogP contribution in [0.5, 0.6) is 0 Å². The van der Waals surface area contributed by atoms with Gasteiger partial charge in [0, 0.05) is 11.1 Å². The molecule has 22 heavy (non-hydrogen) atoms. The second-order valence-corrected chi connectivity index (χ2v) is 6.59. The van der Waals surface area contributed by atoms with Crippen molar-refractivity contribution in [3.8, 4) is 10.6 Å². The van der Waals surface area contributed by atoms with Gasteiger partial charge in [0.25, 0.3) is 0 Å². The zero-order chi connectivity index (χ0) is 15.7. The fraction of sp³-hybridized carbons (Fsp3) is 0.222. The number of rotatable bonds is 4. The number of aliphatic hydroxyl groups is 1. The molecular weight excluding hydrogens is 294 g/mol.